The third-order valence-corrected chi connectivity index (χ3v) is 10.4. The van der Waals surface area contributed by atoms with E-state index in [1.54, 1.807) is 4.90 Å². The second-order valence-electron chi connectivity index (χ2n) is 8.28. The van der Waals surface area contributed by atoms with Crippen LogP contribution < -0.4 is 4.74 Å². The van der Waals surface area contributed by atoms with E-state index in [0.717, 1.165) is 16.5 Å². The summed E-state index contributed by atoms with van der Waals surface area (Å²) in [5.74, 6) is 0.400. The second-order valence-corrected chi connectivity index (χ2v) is 12.7. The fraction of sp³-hybridized carbons (Fsp3) is 0.500. The molecule has 32 heavy (non-hydrogen) atoms. The summed E-state index contributed by atoms with van der Waals surface area (Å²) in [6.45, 7) is 1.47. The highest BCUT2D eigenvalue weighted by atomic mass is 32.2. The van der Waals surface area contributed by atoms with Crippen LogP contribution >= 0.6 is 0 Å². The number of carbonyl (C=O) groups is 1. The van der Waals surface area contributed by atoms with Gasteiger partial charge in [0.2, 0.25) is 15.9 Å². The zero-order valence-electron chi connectivity index (χ0n) is 17.9. The number of sulfonamides is 1. The molecule has 1 atom stereocenters. The Morgan fingerprint density at radius 3 is 2.47 bits per heavy atom. The van der Waals surface area contributed by atoms with E-state index in [1.165, 1.54) is 4.31 Å². The van der Waals surface area contributed by atoms with Crippen molar-refractivity contribution in [3.05, 3.63) is 42.5 Å². The van der Waals surface area contributed by atoms with Gasteiger partial charge in [-0.05, 0) is 24.3 Å². The lowest BCUT2D eigenvalue weighted by Crippen LogP contribution is -2.52. The van der Waals surface area contributed by atoms with Crippen molar-refractivity contribution in [2.75, 3.05) is 44.3 Å². The normalized spacial score (nSPS) is 21.6. The van der Waals surface area contributed by atoms with Gasteiger partial charge in [-0.15, -0.1) is 0 Å². The maximum Gasteiger partial charge on any atom is 0.222 e. The predicted octanol–water partition coefficient (Wildman–Crippen LogP) is 1.66. The highest BCUT2D eigenvalue weighted by Crippen LogP contribution is 2.26. The summed E-state index contributed by atoms with van der Waals surface area (Å²) >= 11 is 0. The Hall–Kier alpha value is -2.17. The molecule has 2 fully saturated rings. The zero-order chi connectivity index (χ0) is 22.8. The maximum atomic E-state index is 12.7. The Kier molecular flexibility index (Phi) is 6.73. The molecular formula is C22H28N2O6S2. The zero-order valence-corrected chi connectivity index (χ0v) is 19.5. The number of carbonyl (C=O) groups excluding carboxylic acids is 1. The molecule has 2 aromatic rings. The lowest BCUT2D eigenvalue weighted by atomic mass is 10.1. The third-order valence-electron chi connectivity index (χ3n) is 6.11. The molecule has 0 radical (unpaired) electrons. The molecule has 4 rings (SSSR count). The monoisotopic (exact) mass is 480 g/mol. The van der Waals surface area contributed by atoms with Gasteiger partial charge in [-0.3, -0.25) is 4.79 Å². The van der Waals surface area contributed by atoms with E-state index in [2.05, 4.69) is 0 Å². The minimum Gasteiger partial charge on any atom is -0.493 e. The van der Waals surface area contributed by atoms with E-state index in [-0.39, 0.29) is 36.9 Å². The molecule has 10 heteroatoms. The van der Waals surface area contributed by atoms with Crippen LogP contribution in [0, 0.1) is 0 Å². The summed E-state index contributed by atoms with van der Waals surface area (Å²) in [4.78, 5) is 14.2. The van der Waals surface area contributed by atoms with Crippen LogP contribution in [0.5, 0.6) is 5.75 Å². The van der Waals surface area contributed by atoms with Crippen LogP contribution in [0.3, 0.4) is 0 Å². The number of amides is 1. The number of hydrogen-bond donors (Lipinski definition) is 0. The molecule has 0 aliphatic carbocycles. The highest BCUT2D eigenvalue weighted by molar-refractivity contribution is 7.95. The summed E-state index contributed by atoms with van der Waals surface area (Å²) in [7, 11) is -6.92. The molecule has 1 amide bonds. The van der Waals surface area contributed by atoms with Crippen molar-refractivity contribution in [1.82, 2.24) is 9.21 Å². The lowest BCUT2D eigenvalue weighted by Gasteiger charge is -2.35. The molecule has 0 N–H and O–H groups in total. The number of fused-ring (bicyclic) bond motifs is 1. The second kappa shape index (κ2) is 9.36. The summed E-state index contributed by atoms with van der Waals surface area (Å²) in [6.07, 6.45) is 1.05. The lowest BCUT2D eigenvalue weighted by molar-refractivity contribution is -0.132. The van der Waals surface area contributed by atoms with Crippen molar-refractivity contribution < 1.29 is 26.4 Å². The summed E-state index contributed by atoms with van der Waals surface area (Å²) in [5, 5.41) is 1.28. The van der Waals surface area contributed by atoms with Crippen molar-refractivity contribution in [1.29, 1.82) is 0 Å². The van der Waals surface area contributed by atoms with Crippen LogP contribution in [0.15, 0.2) is 42.5 Å². The van der Waals surface area contributed by atoms with Crippen molar-refractivity contribution >= 4 is 36.5 Å². The van der Waals surface area contributed by atoms with Gasteiger partial charge in [0.25, 0.3) is 0 Å². The van der Waals surface area contributed by atoms with Crippen LogP contribution in [0.2, 0.25) is 0 Å². The topological polar surface area (TPSA) is 101 Å². The smallest absolute Gasteiger partial charge is 0.222 e. The van der Waals surface area contributed by atoms with Crippen LogP contribution in [0.25, 0.3) is 10.8 Å². The van der Waals surface area contributed by atoms with Crippen LogP contribution in [-0.4, -0.2) is 81.5 Å². The molecule has 1 unspecified atom stereocenters. The molecule has 0 aromatic heterocycles. The molecule has 174 valence electrons. The minimum atomic E-state index is -3.66. The number of sulfone groups is 1. The Morgan fingerprint density at radius 2 is 1.75 bits per heavy atom. The Morgan fingerprint density at radius 1 is 1.03 bits per heavy atom. The van der Waals surface area contributed by atoms with Gasteiger partial charge in [0, 0.05) is 38.0 Å². The molecule has 0 spiro atoms. The fourth-order valence-electron chi connectivity index (χ4n) is 4.28. The predicted molar refractivity (Wildman–Crippen MR) is 123 cm³/mol. The van der Waals surface area contributed by atoms with Gasteiger partial charge in [0.1, 0.15) is 5.75 Å². The first kappa shape index (κ1) is 23.0. The third kappa shape index (κ3) is 5.07. The van der Waals surface area contributed by atoms with Gasteiger partial charge in [0.15, 0.2) is 9.84 Å². The van der Waals surface area contributed by atoms with Gasteiger partial charge in [-0.25, -0.2) is 16.8 Å². The van der Waals surface area contributed by atoms with Gasteiger partial charge >= 0.3 is 0 Å². The molecule has 2 aliphatic heterocycles. The maximum absolute atomic E-state index is 12.7. The van der Waals surface area contributed by atoms with Gasteiger partial charge < -0.3 is 9.64 Å². The first-order chi connectivity index (χ1) is 15.3. The Balaban J connectivity index is 1.23. The molecule has 2 aliphatic rings. The molecule has 2 saturated heterocycles. The first-order valence-electron chi connectivity index (χ1n) is 10.8. The molecule has 8 nitrogen and oxygen atoms in total. The van der Waals surface area contributed by atoms with Crippen molar-refractivity contribution in [2.24, 2.45) is 0 Å². The minimum absolute atomic E-state index is 0.0213. The number of hydrogen-bond acceptors (Lipinski definition) is 6. The van der Waals surface area contributed by atoms with Crippen LogP contribution in [0.4, 0.5) is 0 Å². The summed E-state index contributed by atoms with van der Waals surface area (Å²) < 4.78 is 56.0. The first-order valence-corrected chi connectivity index (χ1v) is 14.2. The number of ether oxygens (including phenoxy) is 1. The number of benzene rings is 2. The van der Waals surface area contributed by atoms with Crippen molar-refractivity contribution in [3.8, 4) is 5.75 Å². The molecule has 0 saturated carbocycles. The largest absolute Gasteiger partial charge is 0.493 e. The quantitative estimate of drug-likeness (QED) is 0.559. The van der Waals surface area contributed by atoms with E-state index in [0.29, 0.717) is 32.5 Å². The van der Waals surface area contributed by atoms with Gasteiger partial charge in [0.05, 0.1) is 23.4 Å². The number of piperazine rings is 1. The van der Waals surface area contributed by atoms with E-state index in [1.807, 2.05) is 42.5 Å². The number of nitrogens with zero attached hydrogens (tertiary/aromatic N) is 2. The molecular weight excluding hydrogens is 452 g/mol. The Labute approximate surface area is 189 Å². The Bertz CT molecular complexity index is 1180. The van der Waals surface area contributed by atoms with Gasteiger partial charge in [-0.1, -0.05) is 36.4 Å². The molecule has 0 bridgehead atoms. The van der Waals surface area contributed by atoms with E-state index < -0.39 is 25.1 Å². The van der Waals surface area contributed by atoms with Crippen molar-refractivity contribution in [2.45, 2.75) is 24.5 Å². The average Bonchev–Trinajstić information content (AvgIpc) is 3.17. The van der Waals surface area contributed by atoms with Crippen LogP contribution in [-0.2, 0) is 24.7 Å². The fourth-order valence-corrected chi connectivity index (χ4v) is 8.80. The number of rotatable bonds is 7. The van der Waals surface area contributed by atoms with Gasteiger partial charge in [-0.2, -0.15) is 4.31 Å². The van der Waals surface area contributed by atoms with E-state index in [9.17, 15) is 21.6 Å². The average molecular weight is 481 g/mol. The van der Waals surface area contributed by atoms with Crippen molar-refractivity contribution in [3.63, 3.8) is 0 Å². The standard InChI is InChI=1S/C22H28N2O6S2/c25-22(9-4-15-30-21-8-3-6-18-5-1-2-7-20(18)21)23-11-13-24(14-12-23)32(28,29)19-10-16-31(26,27)17-19/h1-3,5-8,19H,4,9-17H2. The SMILES string of the molecule is O=C(CCCOc1cccc2ccccc12)N1CCN(S(=O)(=O)C2CCS(=O)(=O)C2)CC1. The van der Waals surface area contributed by atoms with E-state index in [4.69, 9.17) is 4.74 Å². The van der Waals surface area contributed by atoms with Crippen LogP contribution in [0.1, 0.15) is 19.3 Å². The summed E-state index contributed by atoms with van der Waals surface area (Å²) in [6, 6.07) is 13.9. The highest BCUT2D eigenvalue weighted by Gasteiger charge is 2.41. The molecule has 2 aromatic carbocycles. The van der Waals surface area contributed by atoms with E-state index >= 15 is 0 Å². The molecule has 2 heterocycles. The summed E-state index contributed by atoms with van der Waals surface area (Å²) in [5.41, 5.74) is 0.